The Balaban J connectivity index is 2.13. The Morgan fingerprint density at radius 1 is 1.06 bits per heavy atom. The van der Waals surface area contributed by atoms with Gasteiger partial charge >= 0.3 is 0 Å². The zero-order valence-electron chi connectivity index (χ0n) is 10.5. The number of fused-ring (bicyclic) bond motifs is 3. The van der Waals surface area contributed by atoms with Crippen molar-refractivity contribution in [2.24, 2.45) is 0 Å². The molecular weight excluding hydrogens is 208 g/mol. The molecule has 0 amide bonds. The third kappa shape index (κ3) is 1.64. The Bertz CT molecular complexity index is 580. The van der Waals surface area contributed by atoms with Gasteiger partial charge in [0.25, 0.3) is 0 Å². The normalized spacial score (nSPS) is 13.4. The van der Waals surface area contributed by atoms with Crippen molar-refractivity contribution < 1.29 is 0 Å². The standard InChI is InChI=1S/C15H16N2/c1-15(2,3)14-16-9-12-11-7-5-4-6-10(11)8-13(12)17-14/h4-7,9H,8H2,1-3H3. The fourth-order valence-corrected chi connectivity index (χ4v) is 2.26. The van der Waals surface area contributed by atoms with Gasteiger partial charge in [-0.3, -0.25) is 0 Å². The SMILES string of the molecule is CC(C)(C)c1ncc2c(n1)Cc1ccccc1-2. The Hall–Kier alpha value is -1.70. The molecule has 2 nitrogen and oxygen atoms in total. The van der Waals surface area contributed by atoms with Gasteiger partial charge < -0.3 is 0 Å². The van der Waals surface area contributed by atoms with Crippen molar-refractivity contribution in [1.29, 1.82) is 0 Å². The molecule has 3 rings (SSSR count). The summed E-state index contributed by atoms with van der Waals surface area (Å²) in [5, 5.41) is 0. The van der Waals surface area contributed by atoms with E-state index in [-0.39, 0.29) is 5.41 Å². The molecule has 1 heterocycles. The van der Waals surface area contributed by atoms with Gasteiger partial charge in [-0.2, -0.15) is 0 Å². The first-order valence-corrected chi connectivity index (χ1v) is 6.00. The second kappa shape index (κ2) is 3.39. The lowest BCUT2D eigenvalue weighted by atomic mass is 9.95. The monoisotopic (exact) mass is 224 g/mol. The molecule has 0 unspecified atom stereocenters. The van der Waals surface area contributed by atoms with E-state index in [2.05, 4.69) is 50.0 Å². The molecule has 0 fully saturated rings. The van der Waals surface area contributed by atoms with Crippen LogP contribution in [0.25, 0.3) is 11.1 Å². The highest BCUT2D eigenvalue weighted by atomic mass is 14.9. The van der Waals surface area contributed by atoms with Crippen LogP contribution >= 0.6 is 0 Å². The molecule has 86 valence electrons. The van der Waals surface area contributed by atoms with E-state index in [1.165, 1.54) is 22.4 Å². The summed E-state index contributed by atoms with van der Waals surface area (Å²) in [5.41, 5.74) is 5.05. The molecule has 2 heteroatoms. The van der Waals surface area contributed by atoms with E-state index in [4.69, 9.17) is 4.98 Å². The van der Waals surface area contributed by atoms with Crippen molar-refractivity contribution >= 4 is 0 Å². The molecule has 1 aromatic carbocycles. The van der Waals surface area contributed by atoms with Crippen LogP contribution in [0.1, 0.15) is 37.9 Å². The summed E-state index contributed by atoms with van der Waals surface area (Å²) in [6, 6.07) is 8.49. The number of hydrogen-bond donors (Lipinski definition) is 0. The maximum absolute atomic E-state index is 4.73. The summed E-state index contributed by atoms with van der Waals surface area (Å²) in [6.45, 7) is 6.45. The van der Waals surface area contributed by atoms with Crippen molar-refractivity contribution in [2.45, 2.75) is 32.6 Å². The van der Waals surface area contributed by atoms with Crippen LogP contribution in [0, 0.1) is 0 Å². The molecule has 0 atom stereocenters. The fourth-order valence-electron chi connectivity index (χ4n) is 2.26. The number of aromatic nitrogens is 2. The van der Waals surface area contributed by atoms with Gasteiger partial charge in [0.1, 0.15) is 5.82 Å². The van der Waals surface area contributed by atoms with Crippen molar-refractivity contribution in [3.05, 3.63) is 47.5 Å². The van der Waals surface area contributed by atoms with Crippen molar-refractivity contribution in [3.63, 3.8) is 0 Å². The molecule has 17 heavy (non-hydrogen) atoms. The van der Waals surface area contributed by atoms with Crippen molar-refractivity contribution in [2.75, 3.05) is 0 Å². The largest absolute Gasteiger partial charge is 0.240 e. The molecule has 0 saturated heterocycles. The van der Waals surface area contributed by atoms with Crippen LogP contribution in [0.15, 0.2) is 30.5 Å². The minimum Gasteiger partial charge on any atom is -0.240 e. The minimum atomic E-state index is 0.0177. The van der Waals surface area contributed by atoms with Gasteiger partial charge in [-0.1, -0.05) is 45.0 Å². The van der Waals surface area contributed by atoms with Gasteiger partial charge in [0.2, 0.25) is 0 Å². The molecule has 0 radical (unpaired) electrons. The van der Waals surface area contributed by atoms with Crippen molar-refractivity contribution in [1.82, 2.24) is 9.97 Å². The molecule has 1 aromatic heterocycles. The zero-order valence-corrected chi connectivity index (χ0v) is 10.5. The van der Waals surface area contributed by atoms with E-state index in [9.17, 15) is 0 Å². The minimum absolute atomic E-state index is 0.0177. The molecule has 0 spiro atoms. The van der Waals surface area contributed by atoms with Crippen LogP contribution in [-0.2, 0) is 11.8 Å². The highest BCUT2D eigenvalue weighted by Crippen LogP contribution is 2.35. The van der Waals surface area contributed by atoms with E-state index in [1.54, 1.807) is 0 Å². The average Bonchev–Trinajstić information content (AvgIpc) is 2.65. The van der Waals surface area contributed by atoms with Gasteiger partial charge in [0, 0.05) is 23.6 Å². The van der Waals surface area contributed by atoms with E-state index >= 15 is 0 Å². The summed E-state index contributed by atoms with van der Waals surface area (Å²) >= 11 is 0. The third-order valence-corrected chi connectivity index (χ3v) is 3.20. The molecule has 1 aliphatic carbocycles. The van der Waals surface area contributed by atoms with Crippen LogP contribution in [0.3, 0.4) is 0 Å². The van der Waals surface area contributed by atoms with Crippen LogP contribution in [-0.4, -0.2) is 9.97 Å². The Labute approximate surface area is 102 Å². The summed E-state index contributed by atoms with van der Waals surface area (Å²) in [7, 11) is 0. The number of nitrogens with zero attached hydrogens (tertiary/aromatic N) is 2. The molecule has 0 N–H and O–H groups in total. The maximum atomic E-state index is 4.73. The fraction of sp³-hybridized carbons (Fsp3) is 0.333. The van der Waals surface area contributed by atoms with Gasteiger partial charge in [-0.25, -0.2) is 9.97 Å². The summed E-state index contributed by atoms with van der Waals surface area (Å²) in [4.78, 5) is 9.24. The molecule has 1 aliphatic rings. The Morgan fingerprint density at radius 2 is 1.82 bits per heavy atom. The lowest BCUT2D eigenvalue weighted by molar-refractivity contribution is 0.543. The molecule has 0 bridgehead atoms. The smallest absolute Gasteiger partial charge is 0.133 e. The van der Waals surface area contributed by atoms with Crippen LogP contribution in [0.4, 0.5) is 0 Å². The van der Waals surface area contributed by atoms with Crippen LogP contribution < -0.4 is 0 Å². The lowest BCUT2D eigenvalue weighted by Crippen LogP contribution is -2.16. The summed E-state index contributed by atoms with van der Waals surface area (Å²) in [5.74, 6) is 0.934. The molecular formula is C15H16N2. The lowest BCUT2D eigenvalue weighted by Gasteiger charge is -2.16. The third-order valence-electron chi connectivity index (χ3n) is 3.20. The van der Waals surface area contributed by atoms with Crippen LogP contribution in [0.2, 0.25) is 0 Å². The Morgan fingerprint density at radius 3 is 2.59 bits per heavy atom. The van der Waals surface area contributed by atoms with E-state index in [0.717, 1.165) is 12.2 Å². The van der Waals surface area contributed by atoms with Gasteiger partial charge in [-0.15, -0.1) is 0 Å². The first-order chi connectivity index (χ1) is 8.05. The molecule has 0 aliphatic heterocycles. The van der Waals surface area contributed by atoms with E-state index in [0.29, 0.717) is 0 Å². The first-order valence-electron chi connectivity index (χ1n) is 6.00. The highest BCUT2D eigenvalue weighted by Gasteiger charge is 2.23. The zero-order chi connectivity index (χ0) is 12.0. The quantitative estimate of drug-likeness (QED) is 0.585. The second-order valence-corrected chi connectivity index (χ2v) is 5.64. The van der Waals surface area contributed by atoms with Gasteiger partial charge in [0.15, 0.2) is 0 Å². The average molecular weight is 224 g/mol. The Kier molecular flexibility index (Phi) is 2.09. The maximum Gasteiger partial charge on any atom is 0.133 e. The summed E-state index contributed by atoms with van der Waals surface area (Å²) in [6.07, 6.45) is 2.92. The van der Waals surface area contributed by atoms with Gasteiger partial charge in [-0.05, 0) is 11.1 Å². The predicted octanol–water partition coefficient (Wildman–Crippen LogP) is 3.35. The summed E-state index contributed by atoms with van der Waals surface area (Å²) < 4.78 is 0. The molecule has 0 saturated carbocycles. The van der Waals surface area contributed by atoms with Gasteiger partial charge in [0.05, 0.1) is 5.69 Å². The number of hydrogen-bond acceptors (Lipinski definition) is 2. The van der Waals surface area contributed by atoms with Crippen LogP contribution in [0.5, 0.6) is 0 Å². The van der Waals surface area contributed by atoms with Crippen molar-refractivity contribution in [3.8, 4) is 11.1 Å². The highest BCUT2D eigenvalue weighted by molar-refractivity contribution is 5.74. The second-order valence-electron chi connectivity index (χ2n) is 5.64. The number of rotatable bonds is 0. The molecule has 2 aromatic rings. The number of benzene rings is 1. The predicted molar refractivity (Wildman–Crippen MR) is 69.0 cm³/mol. The first kappa shape index (κ1) is 10.5. The van der Waals surface area contributed by atoms with E-state index < -0.39 is 0 Å². The van der Waals surface area contributed by atoms with E-state index in [1.807, 2.05) is 6.20 Å². The topological polar surface area (TPSA) is 25.8 Å².